The van der Waals surface area contributed by atoms with E-state index in [1.807, 2.05) is 18.2 Å². The van der Waals surface area contributed by atoms with Crippen LogP contribution in [0.4, 0.5) is 4.79 Å². The summed E-state index contributed by atoms with van der Waals surface area (Å²) in [6.07, 6.45) is 1.56. The van der Waals surface area contributed by atoms with Crippen molar-refractivity contribution >= 4 is 17.1 Å². The summed E-state index contributed by atoms with van der Waals surface area (Å²) in [5, 5.41) is 14.7. The van der Waals surface area contributed by atoms with Crippen LogP contribution >= 0.6 is 0 Å². The zero-order valence-corrected chi connectivity index (χ0v) is 12.4. The Morgan fingerprint density at radius 1 is 1.43 bits per heavy atom. The van der Waals surface area contributed by atoms with Crippen molar-refractivity contribution in [1.29, 1.82) is 0 Å². The summed E-state index contributed by atoms with van der Waals surface area (Å²) >= 11 is 0. The van der Waals surface area contributed by atoms with Crippen LogP contribution < -0.4 is 0 Å². The predicted octanol–water partition coefficient (Wildman–Crippen LogP) is 1.74. The molecule has 1 N–H and O–H groups in total. The maximum absolute atomic E-state index is 11.8. The molecule has 2 heterocycles. The average Bonchev–Trinajstić information content (AvgIpc) is 3.11. The normalized spacial score (nSPS) is 14.1. The van der Waals surface area contributed by atoms with Crippen LogP contribution in [0.15, 0.2) is 22.7 Å². The number of carbonyl (C=O) groups excluding carboxylic acids is 1. The topological polar surface area (TPSA) is 110 Å². The molecule has 0 radical (unpaired) electrons. The molecule has 1 aliphatic rings. The largest absolute Gasteiger partial charge is 0.453 e. The molecule has 2 aromatic heterocycles. The zero-order chi connectivity index (χ0) is 15.8. The van der Waals surface area contributed by atoms with Crippen LogP contribution in [0.2, 0.25) is 0 Å². The monoisotopic (exact) mass is 314 g/mol. The molecular weight excluding hydrogens is 300 g/mol. The predicted molar refractivity (Wildman–Crippen MR) is 78.2 cm³/mol. The SMILES string of the molecule is COC(=O)N(Cc1noc(-c2cccc3n[nH]nc23)n1)C1CC1. The summed E-state index contributed by atoms with van der Waals surface area (Å²) < 4.78 is 10.1. The summed E-state index contributed by atoms with van der Waals surface area (Å²) in [4.78, 5) is 17.8. The molecular formula is C14H14N6O3. The number of methoxy groups -OCH3 is 1. The molecule has 23 heavy (non-hydrogen) atoms. The second kappa shape index (κ2) is 5.34. The van der Waals surface area contributed by atoms with Gasteiger partial charge in [-0.25, -0.2) is 4.79 Å². The van der Waals surface area contributed by atoms with E-state index in [1.165, 1.54) is 7.11 Å². The molecule has 9 heteroatoms. The molecule has 0 spiro atoms. The standard InChI is InChI=1S/C14H14N6O3/c1-22-14(21)20(8-5-6-8)7-11-15-13(23-18-11)9-3-2-4-10-12(9)17-19-16-10/h2-4,8H,5-7H2,1H3,(H,16,17,19). The van der Waals surface area contributed by atoms with Crippen LogP contribution in [0.1, 0.15) is 18.7 Å². The highest BCUT2D eigenvalue weighted by atomic mass is 16.5. The van der Waals surface area contributed by atoms with E-state index in [9.17, 15) is 4.79 Å². The van der Waals surface area contributed by atoms with Crippen LogP contribution in [0.5, 0.6) is 0 Å². The number of hydrogen-bond donors (Lipinski definition) is 1. The number of benzene rings is 1. The summed E-state index contributed by atoms with van der Waals surface area (Å²) in [7, 11) is 1.37. The van der Waals surface area contributed by atoms with Gasteiger partial charge in [0, 0.05) is 6.04 Å². The molecule has 4 rings (SSSR count). The maximum Gasteiger partial charge on any atom is 0.410 e. The number of para-hydroxylation sites is 1. The van der Waals surface area contributed by atoms with Gasteiger partial charge in [0.15, 0.2) is 5.82 Å². The second-order valence-corrected chi connectivity index (χ2v) is 5.34. The van der Waals surface area contributed by atoms with E-state index in [0.29, 0.717) is 22.8 Å². The third-order valence-corrected chi connectivity index (χ3v) is 3.75. The lowest BCUT2D eigenvalue weighted by Crippen LogP contribution is -2.32. The minimum absolute atomic E-state index is 0.198. The summed E-state index contributed by atoms with van der Waals surface area (Å²) in [6.45, 7) is 0.260. The van der Waals surface area contributed by atoms with Crippen LogP contribution in [0.3, 0.4) is 0 Å². The Bertz CT molecular complexity index is 853. The Morgan fingerprint density at radius 3 is 3.09 bits per heavy atom. The highest BCUT2D eigenvalue weighted by Gasteiger charge is 2.34. The van der Waals surface area contributed by atoms with E-state index in [-0.39, 0.29) is 18.7 Å². The molecule has 1 fully saturated rings. The molecule has 0 bridgehead atoms. The van der Waals surface area contributed by atoms with Crippen molar-refractivity contribution in [2.45, 2.75) is 25.4 Å². The van der Waals surface area contributed by atoms with Crippen molar-refractivity contribution in [1.82, 2.24) is 30.5 Å². The van der Waals surface area contributed by atoms with Gasteiger partial charge in [0.25, 0.3) is 5.89 Å². The van der Waals surface area contributed by atoms with E-state index >= 15 is 0 Å². The van der Waals surface area contributed by atoms with Crippen molar-refractivity contribution < 1.29 is 14.1 Å². The third-order valence-electron chi connectivity index (χ3n) is 3.75. The van der Waals surface area contributed by atoms with Crippen molar-refractivity contribution in [3.05, 3.63) is 24.0 Å². The van der Waals surface area contributed by atoms with E-state index in [1.54, 1.807) is 4.90 Å². The molecule has 0 unspecified atom stereocenters. The van der Waals surface area contributed by atoms with Gasteiger partial charge in [-0.3, -0.25) is 4.90 Å². The number of H-pyrrole nitrogens is 1. The number of aromatic nitrogens is 5. The Morgan fingerprint density at radius 2 is 2.30 bits per heavy atom. The highest BCUT2D eigenvalue weighted by Crippen LogP contribution is 2.29. The number of fused-ring (bicyclic) bond motifs is 1. The molecule has 118 valence electrons. The number of ether oxygens (including phenoxy) is 1. The molecule has 0 saturated heterocycles. The number of carbonyl (C=O) groups is 1. The van der Waals surface area contributed by atoms with E-state index < -0.39 is 0 Å². The number of rotatable bonds is 4. The van der Waals surface area contributed by atoms with Gasteiger partial charge >= 0.3 is 6.09 Å². The van der Waals surface area contributed by atoms with Gasteiger partial charge in [0.05, 0.1) is 19.2 Å². The Hall–Kier alpha value is -2.97. The summed E-state index contributed by atoms with van der Waals surface area (Å²) in [5.41, 5.74) is 2.08. The van der Waals surface area contributed by atoms with Crippen molar-refractivity contribution in [2.75, 3.05) is 7.11 Å². The van der Waals surface area contributed by atoms with Crippen molar-refractivity contribution in [2.24, 2.45) is 0 Å². The minimum Gasteiger partial charge on any atom is -0.453 e. The molecule has 1 aliphatic carbocycles. The first kappa shape index (κ1) is 13.7. The van der Waals surface area contributed by atoms with Gasteiger partial charge < -0.3 is 9.26 Å². The van der Waals surface area contributed by atoms with Crippen LogP contribution in [0, 0.1) is 0 Å². The first-order valence-corrected chi connectivity index (χ1v) is 7.23. The van der Waals surface area contributed by atoms with Gasteiger partial charge in [-0.05, 0) is 25.0 Å². The Balaban J connectivity index is 1.61. The average molecular weight is 314 g/mol. The fourth-order valence-corrected chi connectivity index (χ4v) is 2.47. The van der Waals surface area contributed by atoms with Crippen molar-refractivity contribution in [3.63, 3.8) is 0 Å². The number of nitrogens with one attached hydrogen (secondary N) is 1. The number of amides is 1. The van der Waals surface area contributed by atoms with Crippen LogP contribution in [-0.4, -0.2) is 49.7 Å². The van der Waals surface area contributed by atoms with Gasteiger partial charge in [0.2, 0.25) is 0 Å². The lowest BCUT2D eigenvalue weighted by molar-refractivity contribution is 0.116. The number of nitrogens with zero attached hydrogens (tertiary/aromatic N) is 5. The number of hydrogen-bond acceptors (Lipinski definition) is 7. The van der Waals surface area contributed by atoms with E-state index in [2.05, 4.69) is 25.6 Å². The minimum atomic E-state index is -0.377. The molecule has 1 amide bonds. The molecule has 0 aliphatic heterocycles. The Labute approximate surface area is 130 Å². The molecule has 0 atom stereocenters. The molecule has 9 nitrogen and oxygen atoms in total. The fraction of sp³-hybridized carbons (Fsp3) is 0.357. The third kappa shape index (κ3) is 2.50. The van der Waals surface area contributed by atoms with Gasteiger partial charge in [-0.1, -0.05) is 11.2 Å². The zero-order valence-electron chi connectivity index (χ0n) is 12.4. The lowest BCUT2D eigenvalue weighted by Gasteiger charge is -2.18. The molecule has 3 aromatic rings. The van der Waals surface area contributed by atoms with E-state index in [0.717, 1.165) is 18.4 Å². The first-order chi connectivity index (χ1) is 11.3. The quantitative estimate of drug-likeness (QED) is 0.780. The summed E-state index contributed by atoms with van der Waals surface area (Å²) in [5.74, 6) is 0.776. The summed E-state index contributed by atoms with van der Waals surface area (Å²) in [6, 6.07) is 5.71. The van der Waals surface area contributed by atoms with Crippen LogP contribution in [-0.2, 0) is 11.3 Å². The highest BCUT2D eigenvalue weighted by molar-refractivity contribution is 5.88. The van der Waals surface area contributed by atoms with Gasteiger partial charge in [0.1, 0.15) is 11.0 Å². The lowest BCUT2D eigenvalue weighted by atomic mass is 10.2. The Kier molecular flexibility index (Phi) is 3.18. The second-order valence-electron chi connectivity index (χ2n) is 5.34. The van der Waals surface area contributed by atoms with Crippen LogP contribution in [0.25, 0.3) is 22.5 Å². The maximum atomic E-state index is 11.8. The van der Waals surface area contributed by atoms with Gasteiger partial charge in [-0.2, -0.15) is 20.4 Å². The van der Waals surface area contributed by atoms with E-state index in [4.69, 9.17) is 9.26 Å². The fourth-order valence-electron chi connectivity index (χ4n) is 2.47. The first-order valence-electron chi connectivity index (χ1n) is 7.23. The van der Waals surface area contributed by atoms with Crippen molar-refractivity contribution in [3.8, 4) is 11.5 Å². The van der Waals surface area contributed by atoms with Gasteiger partial charge in [-0.15, -0.1) is 0 Å². The number of aromatic amines is 1. The molecule has 1 saturated carbocycles. The molecule has 1 aromatic carbocycles. The smallest absolute Gasteiger partial charge is 0.410 e.